The Kier molecular flexibility index (Phi) is 6.85. The van der Waals surface area contributed by atoms with Gasteiger partial charge in [0, 0.05) is 28.5 Å². The van der Waals surface area contributed by atoms with E-state index in [2.05, 4.69) is 15.0 Å². The van der Waals surface area contributed by atoms with Crippen LogP contribution in [0.25, 0.3) is 22.0 Å². The molecule has 0 atom stereocenters. The average Bonchev–Trinajstić information content (AvgIpc) is 3.26. The second kappa shape index (κ2) is 10.3. The summed E-state index contributed by atoms with van der Waals surface area (Å²) in [5, 5.41) is 3.30. The van der Waals surface area contributed by atoms with Gasteiger partial charge in [0.2, 0.25) is 5.88 Å². The van der Waals surface area contributed by atoms with Crippen molar-refractivity contribution in [3.63, 3.8) is 0 Å². The van der Waals surface area contributed by atoms with Crippen LogP contribution in [0.2, 0.25) is 0 Å². The largest absolute Gasteiger partial charge is 0.418 e. The number of fused-ring (bicyclic) bond motifs is 1. The number of ether oxygens (including phenoxy) is 1. The summed E-state index contributed by atoms with van der Waals surface area (Å²) in [6.07, 6.45) is 0.359. The first kappa shape index (κ1) is 26.0. The lowest BCUT2D eigenvalue weighted by Gasteiger charge is -2.10. The van der Waals surface area contributed by atoms with Gasteiger partial charge in [-0.15, -0.1) is 0 Å². The third-order valence-corrected chi connectivity index (χ3v) is 8.38. The van der Waals surface area contributed by atoms with Crippen molar-refractivity contribution < 1.29 is 26.4 Å². The lowest BCUT2D eigenvalue weighted by Crippen LogP contribution is -2.17. The molecule has 198 valence electrons. The Labute approximate surface area is 225 Å². The number of para-hydroxylation sites is 1. The highest BCUT2D eigenvalue weighted by Gasteiger charge is 2.20. The van der Waals surface area contributed by atoms with E-state index in [1.807, 2.05) is 36.4 Å². The molecule has 0 unspecified atom stereocenters. The molecule has 0 aliphatic carbocycles. The maximum Gasteiger partial charge on any atom is 0.418 e. The molecule has 0 bridgehead atoms. The molecule has 1 amide bonds. The molecule has 0 radical (unpaired) electrons. The molecule has 11 heteroatoms. The van der Waals surface area contributed by atoms with Crippen LogP contribution < -0.4 is 14.8 Å². The smallest absolute Gasteiger partial charge is 0.392 e. The van der Waals surface area contributed by atoms with Gasteiger partial charge in [0.15, 0.2) is 9.84 Å². The summed E-state index contributed by atoms with van der Waals surface area (Å²) < 4.78 is 57.7. The molecule has 3 N–H and O–H groups in total. The van der Waals surface area contributed by atoms with Gasteiger partial charge in [0.1, 0.15) is 0 Å². The number of nitrogens with one attached hydrogen (secondary N) is 3. The van der Waals surface area contributed by atoms with Crippen LogP contribution in [-0.4, -0.2) is 34.2 Å². The number of benzene rings is 4. The number of carbonyl (C=O) groups is 1. The van der Waals surface area contributed by atoms with E-state index in [-0.39, 0.29) is 21.4 Å². The summed E-state index contributed by atoms with van der Waals surface area (Å²) in [6.45, 7) is 0. The van der Waals surface area contributed by atoms with Gasteiger partial charge in [0.25, 0.3) is 10.0 Å². The molecule has 1 aromatic heterocycles. The predicted octanol–water partition coefficient (Wildman–Crippen LogP) is 5.65. The molecule has 5 aromatic rings. The lowest BCUT2D eigenvalue weighted by atomic mass is 10.0. The molecular weight excluding hydrogens is 538 g/mol. The minimum atomic E-state index is -4.02. The number of hydrogen-bond acceptors (Lipinski definition) is 6. The molecule has 0 fully saturated rings. The highest BCUT2D eigenvalue weighted by atomic mass is 32.2. The second-order valence-electron chi connectivity index (χ2n) is 8.69. The molecule has 0 spiro atoms. The number of hydrogen-bond donors (Lipinski definition) is 3. The Morgan fingerprint density at radius 1 is 0.744 bits per heavy atom. The van der Waals surface area contributed by atoms with Crippen LogP contribution in [0.15, 0.2) is 113 Å². The van der Waals surface area contributed by atoms with Gasteiger partial charge in [-0.05, 0) is 60.2 Å². The van der Waals surface area contributed by atoms with Crippen molar-refractivity contribution in [1.29, 1.82) is 0 Å². The zero-order chi connectivity index (χ0) is 27.6. The molecule has 5 rings (SSSR count). The Balaban J connectivity index is 1.49. The Morgan fingerprint density at radius 2 is 1.36 bits per heavy atom. The number of aromatic nitrogens is 1. The average molecular weight is 562 g/mol. The molecule has 9 nitrogen and oxygen atoms in total. The van der Waals surface area contributed by atoms with E-state index in [1.165, 1.54) is 24.3 Å². The molecule has 0 aliphatic rings. The van der Waals surface area contributed by atoms with Crippen molar-refractivity contribution in [2.24, 2.45) is 0 Å². The van der Waals surface area contributed by atoms with Crippen LogP contribution in [0.3, 0.4) is 0 Å². The van der Waals surface area contributed by atoms with Crippen molar-refractivity contribution >= 4 is 48.2 Å². The number of rotatable bonds is 7. The zero-order valence-corrected chi connectivity index (χ0v) is 22.2. The van der Waals surface area contributed by atoms with E-state index >= 15 is 0 Å². The van der Waals surface area contributed by atoms with Crippen LogP contribution in [0.5, 0.6) is 5.88 Å². The van der Waals surface area contributed by atoms with E-state index in [4.69, 9.17) is 4.74 Å². The summed E-state index contributed by atoms with van der Waals surface area (Å²) >= 11 is 0. The second-order valence-corrected chi connectivity index (χ2v) is 12.4. The standard InChI is InChI=1S/C28H23N3O6S2/c1-38(33,34)22-13-15-23(16-14-22)39(35,36)31-21-12-17-25-24(18-21)26(19-8-4-2-5-9-19)27(30-25)37-28(32)29-20-10-6-3-7-11-20/h2-18,30-31H,1H3,(H,29,32). The SMILES string of the molecule is CS(=O)(=O)c1ccc(S(=O)(=O)Nc2ccc3[nH]c(OC(=O)Nc4ccccc4)c(-c4ccccc4)c3c2)cc1. The normalized spacial score (nSPS) is 11.7. The number of H-pyrrole nitrogens is 1. The van der Waals surface area contributed by atoms with Gasteiger partial charge in [-0.3, -0.25) is 10.0 Å². The van der Waals surface area contributed by atoms with E-state index < -0.39 is 26.0 Å². The van der Waals surface area contributed by atoms with Crippen molar-refractivity contribution in [2.75, 3.05) is 16.3 Å². The van der Waals surface area contributed by atoms with Crippen LogP contribution >= 0.6 is 0 Å². The van der Waals surface area contributed by atoms with E-state index in [0.29, 0.717) is 22.2 Å². The molecule has 1 heterocycles. The third kappa shape index (κ3) is 5.79. The van der Waals surface area contributed by atoms with Crippen LogP contribution in [-0.2, 0) is 19.9 Å². The third-order valence-electron chi connectivity index (χ3n) is 5.86. The number of aromatic amines is 1. The summed E-state index contributed by atoms with van der Waals surface area (Å²) in [7, 11) is -7.48. The van der Waals surface area contributed by atoms with Gasteiger partial charge >= 0.3 is 6.09 Å². The number of sulfone groups is 1. The van der Waals surface area contributed by atoms with Gasteiger partial charge in [0.05, 0.1) is 15.4 Å². The number of carbonyl (C=O) groups excluding carboxylic acids is 1. The number of amides is 1. The maximum absolute atomic E-state index is 13.0. The summed E-state index contributed by atoms with van der Waals surface area (Å²) in [5.74, 6) is 0.195. The Bertz CT molecular complexity index is 1870. The molecule has 0 saturated heterocycles. The number of anilines is 2. The van der Waals surface area contributed by atoms with Gasteiger partial charge in [-0.2, -0.15) is 0 Å². The van der Waals surface area contributed by atoms with Crippen molar-refractivity contribution in [1.82, 2.24) is 4.98 Å². The monoisotopic (exact) mass is 561 g/mol. The Morgan fingerprint density at radius 3 is 2.00 bits per heavy atom. The van der Waals surface area contributed by atoms with Gasteiger partial charge in [-0.25, -0.2) is 21.6 Å². The van der Waals surface area contributed by atoms with Gasteiger partial charge < -0.3 is 9.72 Å². The summed E-state index contributed by atoms with van der Waals surface area (Å²) in [5.41, 5.74) is 2.79. The number of sulfonamides is 1. The zero-order valence-electron chi connectivity index (χ0n) is 20.6. The quantitative estimate of drug-likeness (QED) is 0.235. The first-order valence-corrected chi connectivity index (χ1v) is 15.1. The Hall–Kier alpha value is -4.61. The van der Waals surface area contributed by atoms with Crippen molar-refractivity contribution in [2.45, 2.75) is 9.79 Å². The van der Waals surface area contributed by atoms with Crippen molar-refractivity contribution in [3.8, 4) is 17.0 Å². The highest BCUT2D eigenvalue weighted by Crippen LogP contribution is 2.39. The van der Waals surface area contributed by atoms with Crippen LogP contribution in [0, 0.1) is 0 Å². The fraction of sp³-hybridized carbons (Fsp3) is 0.0357. The fourth-order valence-electron chi connectivity index (χ4n) is 4.04. The first-order valence-electron chi connectivity index (χ1n) is 11.7. The topological polar surface area (TPSA) is 134 Å². The minimum Gasteiger partial charge on any atom is -0.392 e. The maximum atomic E-state index is 13.0. The highest BCUT2D eigenvalue weighted by molar-refractivity contribution is 7.92. The van der Waals surface area contributed by atoms with Crippen molar-refractivity contribution in [3.05, 3.63) is 103 Å². The van der Waals surface area contributed by atoms with Crippen LogP contribution in [0.4, 0.5) is 16.2 Å². The summed E-state index contributed by atoms with van der Waals surface area (Å²) in [6, 6.07) is 28.0. The summed E-state index contributed by atoms with van der Waals surface area (Å²) in [4.78, 5) is 15.7. The minimum absolute atomic E-state index is 0.0199. The molecule has 4 aromatic carbocycles. The molecule has 0 saturated carbocycles. The molecule has 0 aliphatic heterocycles. The first-order chi connectivity index (χ1) is 18.6. The van der Waals surface area contributed by atoms with E-state index in [9.17, 15) is 21.6 Å². The lowest BCUT2D eigenvalue weighted by molar-refractivity contribution is 0.214. The van der Waals surface area contributed by atoms with Crippen LogP contribution in [0.1, 0.15) is 0 Å². The molecule has 39 heavy (non-hydrogen) atoms. The van der Waals surface area contributed by atoms with E-state index in [1.54, 1.807) is 42.5 Å². The molecular formula is C28H23N3O6S2. The van der Waals surface area contributed by atoms with E-state index in [0.717, 1.165) is 11.8 Å². The fourth-order valence-corrected chi connectivity index (χ4v) is 5.72. The predicted molar refractivity (Wildman–Crippen MR) is 150 cm³/mol. The van der Waals surface area contributed by atoms with Gasteiger partial charge in [-0.1, -0.05) is 48.5 Å².